The van der Waals surface area contributed by atoms with Crippen LogP contribution in [-0.4, -0.2) is 47.7 Å². The van der Waals surface area contributed by atoms with Crippen LogP contribution in [0.1, 0.15) is 24.8 Å². The van der Waals surface area contributed by atoms with E-state index < -0.39 is 6.10 Å². The second-order valence-electron chi connectivity index (χ2n) is 9.20. The molecule has 0 bridgehead atoms. The highest BCUT2D eigenvalue weighted by atomic mass is 19.1. The maximum atomic E-state index is 13.6. The zero-order chi connectivity index (χ0) is 24.6. The molecule has 1 fully saturated rings. The standard InChI is InChI=1S/C26H26FN7O2/c27-18-3-1-2-16(10-18)14-34-22-7-4-19(11-17(22)13-30-34)32-26-25-24(8-9-33(25)31-15-29-26)36-20-5-6-21(28)23(35)12-20/h1-4,7-11,13,15,20-21,23,35H,5-6,12,14,28H2,(H,29,31,32)/t20?,21-,23-/m1/s1. The van der Waals surface area contributed by atoms with Crippen LogP contribution in [-0.2, 0) is 6.54 Å². The minimum absolute atomic E-state index is 0.126. The molecule has 0 amide bonds. The van der Waals surface area contributed by atoms with Crippen molar-refractivity contribution in [2.45, 2.75) is 44.1 Å². The average Bonchev–Trinajstić information content (AvgIpc) is 3.46. The second-order valence-corrected chi connectivity index (χ2v) is 9.20. The third-order valence-electron chi connectivity index (χ3n) is 6.66. The van der Waals surface area contributed by atoms with Gasteiger partial charge in [-0.05, 0) is 48.7 Å². The Morgan fingerprint density at radius 2 is 2.06 bits per heavy atom. The number of hydrogen-bond acceptors (Lipinski definition) is 7. The van der Waals surface area contributed by atoms with Crippen molar-refractivity contribution in [1.82, 2.24) is 24.4 Å². The van der Waals surface area contributed by atoms with Gasteiger partial charge in [0.15, 0.2) is 11.6 Å². The van der Waals surface area contributed by atoms with Crippen molar-refractivity contribution in [2.24, 2.45) is 5.73 Å². The van der Waals surface area contributed by atoms with Crippen molar-refractivity contribution in [2.75, 3.05) is 5.32 Å². The van der Waals surface area contributed by atoms with Gasteiger partial charge < -0.3 is 20.9 Å². The van der Waals surface area contributed by atoms with Crippen molar-refractivity contribution in [3.8, 4) is 5.75 Å². The molecule has 1 saturated carbocycles. The van der Waals surface area contributed by atoms with Gasteiger partial charge in [0.1, 0.15) is 23.8 Å². The Labute approximate surface area is 206 Å². The summed E-state index contributed by atoms with van der Waals surface area (Å²) in [5.41, 5.74) is 9.27. The number of hydrogen-bond donors (Lipinski definition) is 3. The van der Waals surface area contributed by atoms with Crippen LogP contribution >= 0.6 is 0 Å². The fourth-order valence-corrected chi connectivity index (χ4v) is 4.77. The Morgan fingerprint density at radius 3 is 2.92 bits per heavy atom. The van der Waals surface area contributed by atoms with Crippen LogP contribution < -0.4 is 15.8 Å². The summed E-state index contributed by atoms with van der Waals surface area (Å²) < 4.78 is 23.4. The average molecular weight is 488 g/mol. The number of nitrogens with two attached hydrogens (primary N) is 1. The predicted octanol–water partition coefficient (Wildman–Crippen LogP) is 3.63. The monoisotopic (exact) mass is 487 g/mol. The number of benzene rings is 2. The van der Waals surface area contributed by atoms with Gasteiger partial charge in [-0.25, -0.2) is 13.9 Å². The van der Waals surface area contributed by atoms with E-state index in [1.54, 1.807) is 16.8 Å². The first-order chi connectivity index (χ1) is 17.5. The van der Waals surface area contributed by atoms with Gasteiger partial charge in [0.05, 0.1) is 24.4 Å². The molecular weight excluding hydrogens is 461 g/mol. The lowest BCUT2D eigenvalue weighted by Gasteiger charge is -2.30. The number of nitrogens with zero attached hydrogens (tertiary/aromatic N) is 5. The number of anilines is 2. The van der Waals surface area contributed by atoms with Crippen LogP contribution in [0, 0.1) is 5.82 Å². The van der Waals surface area contributed by atoms with Crippen LogP contribution in [0.5, 0.6) is 5.75 Å². The van der Waals surface area contributed by atoms with E-state index in [1.807, 2.05) is 41.2 Å². The third kappa shape index (κ3) is 4.36. The number of aliphatic hydroxyl groups excluding tert-OH is 1. The molecule has 1 unspecified atom stereocenters. The number of halogens is 1. The molecule has 1 aliphatic rings. The molecule has 5 aromatic rings. The zero-order valence-corrected chi connectivity index (χ0v) is 19.5. The van der Waals surface area contributed by atoms with Crippen LogP contribution in [0.25, 0.3) is 16.4 Å². The topological polar surface area (TPSA) is 116 Å². The molecule has 1 aliphatic carbocycles. The first-order valence-electron chi connectivity index (χ1n) is 11.9. The number of fused-ring (bicyclic) bond motifs is 2. The van der Waals surface area contributed by atoms with E-state index >= 15 is 0 Å². The minimum Gasteiger partial charge on any atom is -0.488 e. The van der Waals surface area contributed by atoms with E-state index in [-0.39, 0.29) is 18.0 Å². The fraction of sp³-hybridized carbons (Fsp3) is 0.269. The molecule has 0 radical (unpaired) electrons. The first kappa shape index (κ1) is 22.4. The highest BCUT2D eigenvalue weighted by molar-refractivity contribution is 5.86. The largest absolute Gasteiger partial charge is 0.488 e. The van der Waals surface area contributed by atoms with E-state index in [1.165, 1.54) is 18.5 Å². The Balaban J connectivity index is 1.25. The third-order valence-corrected chi connectivity index (χ3v) is 6.66. The molecule has 6 rings (SSSR count). The molecule has 0 spiro atoms. The maximum absolute atomic E-state index is 13.6. The van der Waals surface area contributed by atoms with Gasteiger partial charge in [0.2, 0.25) is 0 Å². The van der Waals surface area contributed by atoms with Crippen molar-refractivity contribution >= 4 is 27.9 Å². The number of aromatic nitrogens is 5. The summed E-state index contributed by atoms with van der Waals surface area (Å²) >= 11 is 0. The molecule has 10 heteroatoms. The Kier molecular flexibility index (Phi) is 5.74. The summed E-state index contributed by atoms with van der Waals surface area (Å²) in [6.07, 6.45) is 6.39. The second kappa shape index (κ2) is 9.21. The quantitative estimate of drug-likeness (QED) is 0.335. The van der Waals surface area contributed by atoms with Gasteiger partial charge in [0, 0.05) is 35.8 Å². The molecule has 3 aromatic heterocycles. The number of rotatable bonds is 6. The normalized spacial score (nSPS) is 20.1. The SMILES string of the molecule is N[C@@H]1CCC(Oc2ccn3ncnc(Nc4ccc5c(cnn5Cc5cccc(F)c5)c4)c23)C[C@H]1O. The Morgan fingerprint density at radius 1 is 1.14 bits per heavy atom. The Hall–Kier alpha value is -4.02. The lowest BCUT2D eigenvalue weighted by molar-refractivity contribution is 0.0399. The van der Waals surface area contributed by atoms with E-state index in [9.17, 15) is 9.50 Å². The molecule has 0 saturated heterocycles. The fourth-order valence-electron chi connectivity index (χ4n) is 4.77. The molecule has 2 aromatic carbocycles. The molecule has 36 heavy (non-hydrogen) atoms. The van der Waals surface area contributed by atoms with Crippen LogP contribution in [0.3, 0.4) is 0 Å². The lowest BCUT2D eigenvalue weighted by Crippen LogP contribution is -2.43. The molecular formula is C26H26FN7O2. The highest BCUT2D eigenvalue weighted by Gasteiger charge is 2.28. The van der Waals surface area contributed by atoms with Gasteiger partial charge >= 0.3 is 0 Å². The van der Waals surface area contributed by atoms with Crippen molar-refractivity contribution in [3.63, 3.8) is 0 Å². The summed E-state index contributed by atoms with van der Waals surface area (Å²) in [5, 5.41) is 23.3. The van der Waals surface area contributed by atoms with Crippen molar-refractivity contribution < 1.29 is 14.2 Å². The van der Waals surface area contributed by atoms with E-state index in [0.29, 0.717) is 36.5 Å². The van der Waals surface area contributed by atoms with Gasteiger partial charge in [-0.2, -0.15) is 10.2 Å². The van der Waals surface area contributed by atoms with Crippen LogP contribution in [0.2, 0.25) is 0 Å². The minimum atomic E-state index is -0.569. The summed E-state index contributed by atoms with van der Waals surface area (Å²) in [6.45, 7) is 0.478. The van der Waals surface area contributed by atoms with Crippen LogP contribution in [0.15, 0.2) is 67.3 Å². The summed E-state index contributed by atoms with van der Waals surface area (Å²) in [7, 11) is 0. The number of nitrogens with one attached hydrogen (secondary N) is 1. The first-order valence-corrected chi connectivity index (χ1v) is 11.9. The van der Waals surface area contributed by atoms with Gasteiger partial charge in [-0.15, -0.1) is 0 Å². The molecule has 9 nitrogen and oxygen atoms in total. The van der Waals surface area contributed by atoms with Gasteiger partial charge in [0.25, 0.3) is 0 Å². The number of aliphatic hydroxyl groups is 1. The van der Waals surface area contributed by atoms with Gasteiger partial charge in [-0.1, -0.05) is 12.1 Å². The summed E-state index contributed by atoms with van der Waals surface area (Å²) in [5.74, 6) is 0.989. The predicted molar refractivity (Wildman–Crippen MR) is 134 cm³/mol. The molecule has 184 valence electrons. The number of ether oxygens (including phenoxy) is 1. The van der Waals surface area contributed by atoms with Gasteiger partial charge in [-0.3, -0.25) is 4.68 Å². The lowest BCUT2D eigenvalue weighted by atomic mass is 9.91. The molecule has 4 N–H and O–H groups in total. The van der Waals surface area contributed by atoms with Crippen molar-refractivity contribution in [3.05, 3.63) is 78.6 Å². The van der Waals surface area contributed by atoms with Crippen molar-refractivity contribution in [1.29, 1.82) is 0 Å². The smallest absolute Gasteiger partial charge is 0.162 e. The summed E-state index contributed by atoms with van der Waals surface area (Å²) in [4.78, 5) is 4.46. The molecule has 3 atom stereocenters. The van der Waals surface area contributed by atoms with E-state index in [0.717, 1.165) is 28.6 Å². The molecule has 0 aliphatic heterocycles. The van der Waals surface area contributed by atoms with Crippen LogP contribution in [0.4, 0.5) is 15.9 Å². The van der Waals surface area contributed by atoms with E-state index in [2.05, 4.69) is 20.5 Å². The highest BCUT2D eigenvalue weighted by Crippen LogP contribution is 2.32. The maximum Gasteiger partial charge on any atom is 0.162 e. The van der Waals surface area contributed by atoms with E-state index in [4.69, 9.17) is 10.5 Å². The Bertz CT molecular complexity index is 1530. The zero-order valence-electron chi connectivity index (χ0n) is 19.5. The molecule has 3 heterocycles. The summed E-state index contributed by atoms with van der Waals surface area (Å²) in [6, 6.07) is 14.1.